The fraction of sp³-hybridized carbons (Fsp3) is 0.333. The van der Waals surface area contributed by atoms with Gasteiger partial charge in [0, 0.05) is 25.2 Å². The number of nitrogens with zero attached hydrogens (tertiary/aromatic N) is 3. The highest BCUT2D eigenvalue weighted by Gasteiger charge is 2.13. The molecule has 0 fully saturated rings. The minimum Gasteiger partial charge on any atom is -0.354 e. The number of rotatable bonds is 6. The number of hydrogen-bond donors (Lipinski definition) is 2. The van der Waals surface area contributed by atoms with Gasteiger partial charge in [-0.1, -0.05) is 12.1 Å². The number of H-pyrrole nitrogens is 1. The summed E-state index contributed by atoms with van der Waals surface area (Å²) in [5.41, 5.74) is 3.94. The lowest BCUT2D eigenvalue weighted by Crippen LogP contribution is -2.28. The second kappa shape index (κ2) is 8.09. The number of fused-ring (bicyclic) bond motifs is 1. The summed E-state index contributed by atoms with van der Waals surface area (Å²) in [7, 11) is 0. The third-order valence-corrected chi connectivity index (χ3v) is 5.03. The first-order valence-corrected chi connectivity index (χ1v) is 9.23. The summed E-state index contributed by atoms with van der Waals surface area (Å²) in [6.07, 6.45) is 0.768. The lowest BCUT2D eigenvalue weighted by Gasteiger charge is -2.11. The third-order valence-electron chi connectivity index (χ3n) is 5.03. The van der Waals surface area contributed by atoms with Crippen LogP contribution in [-0.2, 0) is 17.8 Å². The molecule has 2 N–H and O–H groups in total. The van der Waals surface area contributed by atoms with Crippen LogP contribution >= 0.6 is 0 Å². The Kier molecular flexibility index (Phi) is 5.59. The molecule has 0 saturated carbocycles. The molecule has 144 valence electrons. The van der Waals surface area contributed by atoms with Crippen molar-refractivity contribution in [3.05, 3.63) is 62.8 Å². The van der Waals surface area contributed by atoms with Gasteiger partial charge in [-0.2, -0.15) is 5.26 Å². The first-order valence-electron chi connectivity index (χ1n) is 9.23. The number of nitriles is 1. The van der Waals surface area contributed by atoms with Gasteiger partial charge in [-0.05, 0) is 50.5 Å². The largest absolute Gasteiger partial charge is 0.354 e. The van der Waals surface area contributed by atoms with E-state index in [1.54, 1.807) is 13.8 Å². The normalized spacial score (nSPS) is 10.8. The molecule has 1 aromatic carbocycles. The van der Waals surface area contributed by atoms with Gasteiger partial charge in [0.25, 0.3) is 5.56 Å². The van der Waals surface area contributed by atoms with E-state index in [-0.39, 0.29) is 17.0 Å². The molecular weight excluding hydrogens is 354 g/mol. The SMILES string of the molecule is Cc1[nH]c(=O)c(C#N)c(C)c1CCC(=O)NCCn1c(C)nc2ccccc21. The van der Waals surface area contributed by atoms with Crippen molar-refractivity contribution >= 4 is 16.9 Å². The first kappa shape index (κ1) is 19.4. The van der Waals surface area contributed by atoms with Crippen molar-refractivity contribution in [3.8, 4) is 6.07 Å². The molecule has 0 aliphatic carbocycles. The van der Waals surface area contributed by atoms with Gasteiger partial charge in [0.2, 0.25) is 5.91 Å². The van der Waals surface area contributed by atoms with Gasteiger partial charge >= 0.3 is 0 Å². The maximum Gasteiger partial charge on any atom is 0.266 e. The van der Waals surface area contributed by atoms with Crippen LogP contribution in [0.15, 0.2) is 29.1 Å². The topological polar surface area (TPSA) is 104 Å². The second-order valence-corrected chi connectivity index (χ2v) is 6.82. The van der Waals surface area contributed by atoms with E-state index < -0.39 is 0 Å². The maximum atomic E-state index is 12.3. The van der Waals surface area contributed by atoms with Crippen molar-refractivity contribution in [2.24, 2.45) is 0 Å². The highest BCUT2D eigenvalue weighted by Crippen LogP contribution is 2.16. The highest BCUT2D eigenvalue weighted by molar-refractivity contribution is 5.77. The molecule has 0 saturated heterocycles. The minimum atomic E-state index is -0.381. The van der Waals surface area contributed by atoms with Gasteiger partial charge in [0.15, 0.2) is 0 Å². The van der Waals surface area contributed by atoms with Crippen LogP contribution in [-0.4, -0.2) is 27.0 Å². The number of benzene rings is 1. The van der Waals surface area contributed by atoms with Crippen LogP contribution in [0.3, 0.4) is 0 Å². The van der Waals surface area contributed by atoms with Crippen LogP contribution in [0.2, 0.25) is 0 Å². The van der Waals surface area contributed by atoms with E-state index in [9.17, 15) is 9.59 Å². The number of hydrogen-bond acceptors (Lipinski definition) is 4. The number of aryl methyl sites for hydroxylation is 2. The zero-order valence-corrected chi connectivity index (χ0v) is 16.3. The van der Waals surface area contributed by atoms with Crippen molar-refractivity contribution in [2.75, 3.05) is 6.54 Å². The average molecular weight is 377 g/mol. The maximum absolute atomic E-state index is 12.3. The van der Waals surface area contributed by atoms with Gasteiger partial charge in [-0.15, -0.1) is 0 Å². The summed E-state index contributed by atoms with van der Waals surface area (Å²) < 4.78 is 2.09. The number of carbonyl (C=O) groups is 1. The van der Waals surface area contributed by atoms with Crippen LogP contribution in [0.1, 0.15) is 34.6 Å². The average Bonchev–Trinajstić information content (AvgIpc) is 2.97. The molecular formula is C21H23N5O2. The van der Waals surface area contributed by atoms with Crippen LogP contribution in [0, 0.1) is 32.1 Å². The molecule has 2 heterocycles. The van der Waals surface area contributed by atoms with E-state index >= 15 is 0 Å². The lowest BCUT2D eigenvalue weighted by molar-refractivity contribution is -0.121. The first-order chi connectivity index (χ1) is 13.4. The summed E-state index contributed by atoms with van der Waals surface area (Å²) in [6.45, 7) is 6.65. The molecule has 28 heavy (non-hydrogen) atoms. The molecule has 0 bridgehead atoms. The Labute approximate surface area is 163 Å². The molecule has 7 nitrogen and oxygen atoms in total. The monoisotopic (exact) mass is 377 g/mol. The summed E-state index contributed by atoms with van der Waals surface area (Å²) in [4.78, 5) is 31.3. The fourth-order valence-electron chi connectivity index (χ4n) is 3.53. The molecule has 3 aromatic rings. The van der Waals surface area contributed by atoms with Crippen molar-refractivity contribution in [3.63, 3.8) is 0 Å². The molecule has 0 unspecified atom stereocenters. The van der Waals surface area contributed by atoms with E-state index in [2.05, 4.69) is 19.9 Å². The summed E-state index contributed by atoms with van der Waals surface area (Å²) in [5.74, 6) is 0.851. The molecule has 0 spiro atoms. The molecule has 1 amide bonds. The van der Waals surface area contributed by atoms with Gasteiger partial charge in [-0.25, -0.2) is 4.98 Å². The van der Waals surface area contributed by atoms with Crippen molar-refractivity contribution < 1.29 is 4.79 Å². The Morgan fingerprint density at radius 3 is 2.79 bits per heavy atom. The van der Waals surface area contributed by atoms with Crippen LogP contribution < -0.4 is 10.9 Å². The number of nitrogens with one attached hydrogen (secondary N) is 2. The quantitative estimate of drug-likeness (QED) is 0.688. The van der Waals surface area contributed by atoms with E-state index in [0.717, 1.165) is 22.4 Å². The number of para-hydroxylation sites is 2. The second-order valence-electron chi connectivity index (χ2n) is 6.82. The predicted octanol–water partition coefficient (Wildman–Crippen LogP) is 2.27. The Morgan fingerprint density at radius 2 is 2.04 bits per heavy atom. The zero-order valence-electron chi connectivity index (χ0n) is 16.3. The molecule has 0 radical (unpaired) electrons. The minimum absolute atomic E-state index is 0.0643. The van der Waals surface area contributed by atoms with Crippen molar-refractivity contribution in [2.45, 2.75) is 40.2 Å². The Bertz CT molecular complexity index is 1130. The van der Waals surface area contributed by atoms with Crippen LogP contribution in [0.5, 0.6) is 0 Å². The van der Waals surface area contributed by atoms with E-state index in [4.69, 9.17) is 5.26 Å². The van der Waals surface area contributed by atoms with E-state index in [1.807, 2.05) is 37.3 Å². The molecule has 2 aromatic heterocycles. The molecule has 7 heteroatoms. The number of carbonyl (C=O) groups excluding carboxylic acids is 1. The number of amides is 1. The summed E-state index contributed by atoms with van der Waals surface area (Å²) >= 11 is 0. The van der Waals surface area contributed by atoms with Crippen LogP contribution in [0.25, 0.3) is 11.0 Å². The summed E-state index contributed by atoms with van der Waals surface area (Å²) in [5, 5.41) is 12.1. The lowest BCUT2D eigenvalue weighted by atomic mass is 9.99. The molecule has 3 rings (SSSR count). The predicted molar refractivity (Wildman–Crippen MR) is 107 cm³/mol. The van der Waals surface area contributed by atoms with Gasteiger partial charge in [0.1, 0.15) is 17.5 Å². The fourth-order valence-corrected chi connectivity index (χ4v) is 3.53. The molecule has 0 atom stereocenters. The van der Waals surface area contributed by atoms with Crippen molar-refractivity contribution in [1.82, 2.24) is 19.9 Å². The zero-order chi connectivity index (χ0) is 20.3. The number of imidazole rings is 1. The molecule has 0 aliphatic rings. The van der Waals surface area contributed by atoms with Gasteiger partial charge in [0.05, 0.1) is 11.0 Å². The smallest absolute Gasteiger partial charge is 0.266 e. The van der Waals surface area contributed by atoms with E-state index in [0.29, 0.717) is 37.2 Å². The number of pyridine rings is 1. The number of aromatic nitrogens is 3. The summed E-state index contributed by atoms with van der Waals surface area (Å²) in [6, 6.07) is 9.86. The van der Waals surface area contributed by atoms with Crippen LogP contribution in [0.4, 0.5) is 0 Å². The highest BCUT2D eigenvalue weighted by atomic mass is 16.1. The van der Waals surface area contributed by atoms with E-state index in [1.165, 1.54) is 0 Å². The number of aromatic amines is 1. The Hall–Kier alpha value is -3.40. The van der Waals surface area contributed by atoms with Gasteiger partial charge in [-0.3, -0.25) is 9.59 Å². The third kappa shape index (κ3) is 3.81. The Balaban J connectivity index is 1.59. The molecule has 0 aliphatic heterocycles. The van der Waals surface area contributed by atoms with Gasteiger partial charge < -0.3 is 14.9 Å². The standard InChI is InChI=1S/C21H23N5O2/c1-13-16(14(2)24-21(28)17(13)12-22)8-9-20(27)23-10-11-26-15(3)25-18-6-4-5-7-19(18)26/h4-7H,8-11H2,1-3H3,(H,23,27)(H,24,28). The Morgan fingerprint density at radius 1 is 1.29 bits per heavy atom. The van der Waals surface area contributed by atoms with Crippen molar-refractivity contribution in [1.29, 1.82) is 5.26 Å².